The maximum atomic E-state index is 12.8. The summed E-state index contributed by atoms with van der Waals surface area (Å²) in [5.74, 6) is 0.861. The largest absolute Gasteiger partial charge is 0.497 e. The number of methoxy groups -OCH3 is 1. The highest BCUT2D eigenvalue weighted by Gasteiger charge is 2.46. The molecule has 1 aliphatic rings. The number of halogens is 2. The highest BCUT2D eigenvalue weighted by atomic mass is 35.5. The Labute approximate surface area is 220 Å². The van der Waals surface area contributed by atoms with E-state index in [2.05, 4.69) is 20.3 Å². The maximum absolute atomic E-state index is 12.8. The van der Waals surface area contributed by atoms with Crippen molar-refractivity contribution in [2.75, 3.05) is 32.7 Å². The van der Waals surface area contributed by atoms with Crippen molar-refractivity contribution in [3.8, 4) is 5.75 Å². The van der Waals surface area contributed by atoms with E-state index in [-0.39, 0.29) is 24.8 Å². The van der Waals surface area contributed by atoms with Gasteiger partial charge in [-0.1, -0.05) is 12.1 Å². The second-order valence-electron chi connectivity index (χ2n) is 8.35. The van der Waals surface area contributed by atoms with E-state index in [9.17, 15) is 15.0 Å². The Hall–Kier alpha value is -2.74. The number of nitrogens with zero attached hydrogens (tertiary/aromatic N) is 5. The Morgan fingerprint density at radius 1 is 1.25 bits per heavy atom. The van der Waals surface area contributed by atoms with Gasteiger partial charge >= 0.3 is 0 Å². The number of nitrogens with one attached hydrogen (secondary N) is 1. The standard InChI is InChI=1S/C22H29N7O5.2ClH/c1-28(2)19-17-20(25-10-24-19)29(11-26-17)22-18(31)16(15(9-30)34-22)27-21(32)14(23)8-12-4-6-13(33-3)7-5-12;;/h4-7,10-11,14-16,18,22,30-31H,8-9,23H2,1-3H3,(H,27,32);2*1H/t14?,15-,16?,18-,22-;;/m1../s1. The van der Waals surface area contributed by atoms with E-state index in [4.69, 9.17) is 15.2 Å². The normalized spacial score (nSPS) is 21.8. The van der Waals surface area contributed by atoms with Crippen LogP contribution < -0.4 is 20.7 Å². The number of imidazole rings is 1. The summed E-state index contributed by atoms with van der Waals surface area (Å²) in [5, 5.41) is 23.6. The number of hydrogen-bond donors (Lipinski definition) is 4. The van der Waals surface area contributed by atoms with Crippen LogP contribution in [0.25, 0.3) is 11.2 Å². The van der Waals surface area contributed by atoms with Crippen LogP contribution in [0.15, 0.2) is 36.9 Å². The van der Waals surface area contributed by atoms with Gasteiger partial charge in [0.15, 0.2) is 23.2 Å². The second-order valence-corrected chi connectivity index (χ2v) is 8.35. The van der Waals surface area contributed by atoms with E-state index in [1.807, 2.05) is 26.2 Å². The van der Waals surface area contributed by atoms with Gasteiger partial charge in [0.25, 0.3) is 0 Å². The summed E-state index contributed by atoms with van der Waals surface area (Å²) in [5.41, 5.74) is 7.98. The molecule has 5 N–H and O–H groups in total. The maximum Gasteiger partial charge on any atom is 0.237 e. The average molecular weight is 544 g/mol. The number of carbonyl (C=O) groups excluding carboxylic acids is 1. The number of aromatic nitrogens is 4. The van der Waals surface area contributed by atoms with Crippen LogP contribution in [0.2, 0.25) is 0 Å². The first-order valence-electron chi connectivity index (χ1n) is 10.8. The minimum atomic E-state index is -1.18. The first-order chi connectivity index (χ1) is 16.3. The summed E-state index contributed by atoms with van der Waals surface area (Å²) < 4.78 is 12.6. The van der Waals surface area contributed by atoms with Crippen molar-refractivity contribution in [1.29, 1.82) is 0 Å². The molecule has 1 aromatic carbocycles. The van der Waals surface area contributed by atoms with Crippen LogP contribution in [-0.4, -0.2) is 87.7 Å². The van der Waals surface area contributed by atoms with Crippen LogP contribution in [0.3, 0.4) is 0 Å². The van der Waals surface area contributed by atoms with E-state index in [1.165, 1.54) is 12.7 Å². The lowest BCUT2D eigenvalue weighted by atomic mass is 10.0. The molecule has 0 saturated carbocycles. The molecule has 198 valence electrons. The van der Waals surface area contributed by atoms with E-state index in [0.717, 1.165) is 5.56 Å². The molecule has 4 rings (SSSR count). The van der Waals surface area contributed by atoms with Gasteiger partial charge in [0, 0.05) is 14.1 Å². The molecule has 12 nitrogen and oxygen atoms in total. The van der Waals surface area contributed by atoms with Crippen LogP contribution in [0.1, 0.15) is 11.8 Å². The summed E-state index contributed by atoms with van der Waals surface area (Å²) in [6.45, 7) is -0.406. The van der Waals surface area contributed by atoms with Crippen LogP contribution in [-0.2, 0) is 16.0 Å². The van der Waals surface area contributed by atoms with Gasteiger partial charge in [-0.15, -0.1) is 24.8 Å². The third-order valence-electron chi connectivity index (χ3n) is 5.85. The zero-order chi connectivity index (χ0) is 24.4. The van der Waals surface area contributed by atoms with Crippen molar-refractivity contribution in [1.82, 2.24) is 24.8 Å². The van der Waals surface area contributed by atoms with Gasteiger partial charge in [0.1, 0.15) is 24.3 Å². The lowest BCUT2D eigenvalue weighted by Gasteiger charge is -2.23. The van der Waals surface area contributed by atoms with Crippen LogP contribution in [0.4, 0.5) is 5.82 Å². The van der Waals surface area contributed by atoms with Crippen LogP contribution in [0, 0.1) is 0 Å². The quantitative estimate of drug-likeness (QED) is 0.305. The van der Waals surface area contributed by atoms with Crippen molar-refractivity contribution < 1.29 is 24.5 Å². The lowest BCUT2D eigenvalue weighted by Crippen LogP contribution is -2.53. The smallest absolute Gasteiger partial charge is 0.237 e. The van der Waals surface area contributed by atoms with Gasteiger partial charge in [-0.25, -0.2) is 15.0 Å². The Bertz CT molecular complexity index is 1150. The number of anilines is 1. The van der Waals surface area contributed by atoms with Crippen molar-refractivity contribution in [2.24, 2.45) is 5.73 Å². The van der Waals surface area contributed by atoms with Crippen molar-refractivity contribution in [3.05, 3.63) is 42.5 Å². The van der Waals surface area contributed by atoms with Crippen molar-refractivity contribution in [3.63, 3.8) is 0 Å². The van der Waals surface area contributed by atoms with Gasteiger partial charge in [0.05, 0.1) is 32.1 Å². The summed E-state index contributed by atoms with van der Waals surface area (Å²) in [6.07, 6.45) is 0.250. The fourth-order valence-electron chi connectivity index (χ4n) is 4.04. The molecule has 36 heavy (non-hydrogen) atoms. The van der Waals surface area contributed by atoms with E-state index >= 15 is 0 Å². The fourth-order valence-corrected chi connectivity index (χ4v) is 4.04. The number of hydrogen-bond acceptors (Lipinski definition) is 10. The molecule has 0 radical (unpaired) electrons. The molecule has 0 spiro atoms. The minimum absolute atomic E-state index is 0. The number of carbonyl (C=O) groups is 1. The number of fused-ring (bicyclic) bond motifs is 1. The predicted octanol–water partition coefficient (Wildman–Crippen LogP) is 0.0499. The average Bonchev–Trinajstić information content (AvgIpc) is 3.40. The number of ether oxygens (including phenoxy) is 2. The number of aliphatic hydroxyl groups is 2. The molecule has 5 atom stereocenters. The zero-order valence-corrected chi connectivity index (χ0v) is 21.6. The molecule has 2 aromatic heterocycles. The van der Waals surface area contributed by atoms with E-state index in [0.29, 0.717) is 29.2 Å². The zero-order valence-electron chi connectivity index (χ0n) is 20.0. The van der Waals surface area contributed by atoms with E-state index in [1.54, 1.807) is 28.7 Å². The molecule has 0 bridgehead atoms. The van der Waals surface area contributed by atoms with Gasteiger partial charge in [0.2, 0.25) is 5.91 Å². The Morgan fingerprint density at radius 3 is 2.56 bits per heavy atom. The van der Waals surface area contributed by atoms with Gasteiger partial charge in [-0.05, 0) is 24.1 Å². The highest BCUT2D eigenvalue weighted by Crippen LogP contribution is 2.32. The number of amides is 1. The molecule has 3 aromatic rings. The topological polar surface area (TPSA) is 161 Å². The molecule has 1 saturated heterocycles. The number of rotatable bonds is 8. The minimum Gasteiger partial charge on any atom is -0.497 e. The Kier molecular flexibility index (Phi) is 10.2. The molecule has 1 amide bonds. The number of benzene rings is 1. The molecular weight excluding hydrogens is 513 g/mol. The molecular formula is C22H31Cl2N7O5. The monoisotopic (exact) mass is 543 g/mol. The van der Waals surface area contributed by atoms with Crippen LogP contribution >= 0.6 is 24.8 Å². The Balaban J connectivity index is 0.00000228. The number of nitrogens with two attached hydrogens (primary N) is 1. The second kappa shape index (κ2) is 12.5. The molecule has 14 heteroatoms. The van der Waals surface area contributed by atoms with Gasteiger partial charge in [-0.3, -0.25) is 9.36 Å². The molecule has 1 fully saturated rings. The predicted molar refractivity (Wildman–Crippen MR) is 138 cm³/mol. The third-order valence-corrected chi connectivity index (χ3v) is 5.85. The molecule has 2 unspecified atom stereocenters. The molecule has 3 heterocycles. The number of aliphatic hydroxyl groups excluding tert-OH is 2. The van der Waals surface area contributed by atoms with Gasteiger partial charge in [-0.2, -0.15) is 0 Å². The van der Waals surface area contributed by atoms with Crippen molar-refractivity contribution >= 4 is 47.7 Å². The van der Waals surface area contributed by atoms with Crippen molar-refractivity contribution in [2.45, 2.75) is 36.9 Å². The fraction of sp³-hybridized carbons (Fsp3) is 0.455. The van der Waals surface area contributed by atoms with E-state index < -0.39 is 43.0 Å². The SMILES string of the molecule is COc1ccc(CC(N)C(=O)NC2[C@@H](O)[C@H](n3cnc4c(N(C)C)ncnc43)O[C@@H]2CO)cc1.Cl.Cl. The first-order valence-corrected chi connectivity index (χ1v) is 10.8. The highest BCUT2D eigenvalue weighted by molar-refractivity contribution is 5.86. The summed E-state index contributed by atoms with van der Waals surface area (Å²) in [7, 11) is 5.25. The first kappa shape index (κ1) is 29.5. The van der Waals surface area contributed by atoms with Gasteiger partial charge < -0.3 is 35.6 Å². The summed E-state index contributed by atoms with van der Waals surface area (Å²) in [6, 6.07) is 5.52. The summed E-state index contributed by atoms with van der Waals surface area (Å²) >= 11 is 0. The molecule has 0 aliphatic carbocycles. The Morgan fingerprint density at radius 2 is 1.94 bits per heavy atom. The van der Waals surface area contributed by atoms with Crippen LogP contribution in [0.5, 0.6) is 5.75 Å². The molecule has 1 aliphatic heterocycles. The summed E-state index contributed by atoms with van der Waals surface area (Å²) in [4.78, 5) is 27.5. The lowest BCUT2D eigenvalue weighted by molar-refractivity contribution is -0.124. The third kappa shape index (κ3) is 5.80.